The smallest absolute Gasteiger partial charge is 0.126 e. The third-order valence-electron chi connectivity index (χ3n) is 3.07. The van der Waals surface area contributed by atoms with Gasteiger partial charge in [0.1, 0.15) is 5.82 Å². The lowest BCUT2D eigenvalue weighted by Crippen LogP contribution is -1.94. The van der Waals surface area contributed by atoms with Crippen LogP contribution < -0.4 is 0 Å². The van der Waals surface area contributed by atoms with Gasteiger partial charge >= 0.3 is 0 Å². The van der Waals surface area contributed by atoms with Crippen molar-refractivity contribution in [1.82, 2.24) is 0 Å². The number of halogens is 1. The van der Waals surface area contributed by atoms with E-state index in [-0.39, 0.29) is 11.7 Å². The second kappa shape index (κ2) is 4.70. The number of hydrogen-bond donors (Lipinski definition) is 0. The number of aryl methyl sites for hydroxylation is 1. The van der Waals surface area contributed by atoms with Crippen LogP contribution in [-0.2, 0) is 0 Å². The fraction of sp³-hybridized carbons (Fsp3) is 0.250. The van der Waals surface area contributed by atoms with Gasteiger partial charge < -0.3 is 0 Å². The van der Waals surface area contributed by atoms with E-state index >= 15 is 0 Å². The zero-order chi connectivity index (χ0) is 12.4. The van der Waals surface area contributed by atoms with Crippen LogP contribution in [0.5, 0.6) is 0 Å². The Hall–Kier alpha value is -1.63. The van der Waals surface area contributed by atoms with Crippen molar-refractivity contribution in [2.75, 3.05) is 0 Å². The zero-order valence-corrected chi connectivity index (χ0v) is 10.5. The van der Waals surface area contributed by atoms with Crippen LogP contribution in [0.2, 0.25) is 0 Å². The molecule has 0 atom stereocenters. The molecule has 0 aromatic heterocycles. The van der Waals surface area contributed by atoms with Crippen molar-refractivity contribution in [3.63, 3.8) is 0 Å². The molecule has 88 valence electrons. The molecular weight excluding hydrogens is 211 g/mol. The Kier molecular flexibility index (Phi) is 3.28. The molecule has 2 aromatic carbocycles. The lowest BCUT2D eigenvalue weighted by Gasteiger charge is -2.11. The molecule has 0 N–H and O–H groups in total. The van der Waals surface area contributed by atoms with Crippen LogP contribution in [0.1, 0.15) is 30.9 Å². The Morgan fingerprint density at radius 1 is 1.00 bits per heavy atom. The van der Waals surface area contributed by atoms with Crippen LogP contribution in [0.3, 0.4) is 0 Å². The van der Waals surface area contributed by atoms with Crippen LogP contribution in [0.25, 0.3) is 11.1 Å². The number of rotatable bonds is 2. The molecule has 0 nitrogen and oxygen atoms in total. The summed E-state index contributed by atoms with van der Waals surface area (Å²) in [5.74, 6) is 0.0938. The molecule has 1 heteroatoms. The summed E-state index contributed by atoms with van der Waals surface area (Å²) in [4.78, 5) is 0. The van der Waals surface area contributed by atoms with Gasteiger partial charge in [0.05, 0.1) is 0 Å². The summed E-state index contributed by atoms with van der Waals surface area (Å²) < 4.78 is 13.6. The van der Waals surface area contributed by atoms with Gasteiger partial charge in [-0.25, -0.2) is 4.39 Å². The summed E-state index contributed by atoms with van der Waals surface area (Å²) in [6, 6.07) is 13.6. The molecule has 0 aliphatic heterocycles. The summed E-state index contributed by atoms with van der Waals surface area (Å²) in [7, 11) is 0. The second-order valence-electron chi connectivity index (χ2n) is 4.71. The van der Waals surface area contributed by atoms with Crippen molar-refractivity contribution in [2.45, 2.75) is 26.7 Å². The molecule has 0 spiro atoms. The first kappa shape index (κ1) is 11.8. The highest BCUT2D eigenvalue weighted by Crippen LogP contribution is 2.28. The standard InChI is InChI=1S/C16H17F/c1-11(2)15-10-13(8-9-16(15)17)14-7-5-4-6-12(14)3/h4-11H,1-3H3. The monoisotopic (exact) mass is 228 g/mol. The van der Waals surface area contributed by atoms with Crippen LogP contribution in [-0.4, -0.2) is 0 Å². The molecule has 2 rings (SSSR count). The van der Waals surface area contributed by atoms with Gasteiger partial charge in [0.2, 0.25) is 0 Å². The van der Waals surface area contributed by atoms with Gasteiger partial charge in [-0.15, -0.1) is 0 Å². The first-order chi connectivity index (χ1) is 8.09. The predicted molar refractivity (Wildman–Crippen MR) is 70.7 cm³/mol. The molecule has 17 heavy (non-hydrogen) atoms. The maximum absolute atomic E-state index is 13.6. The Labute approximate surface area is 102 Å². The van der Waals surface area contributed by atoms with Crippen LogP contribution in [0.15, 0.2) is 42.5 Å². The summed E-state index contributed by atoms with van der Waals surface area (Å²) in [5, 5.41) is 0. The van der Waals surface area contributed by atoms with Gasteiger partial charge in [-0.1, -0.05) is 44.2 Å². The molecule has 0 radical (unpaired) electrons. The Bertz CT molecular complexity index is 527. The van der Waals surface area contributed by atoms with Gasteiger partial charge in [-0.2, -0.15) is 0 Å². The lowest BCUT2D eigenvalue weighted by molar-refractivity contribution is 0.598. The number of hydrogen-bond acceptors (Lipinski definition) is 0. The molecule has 0 aliphatic rings. The van der Waals surface area contributed by atoms with E-state index in [1.165, 1.54) is 11.1 Å². The molecule has 0 unspecified atom stereocenters. The third-order valence-corrected chi connectivity index (χ3v) is 3.07. The van der Waals surface area contributed by atoms with E-state index < -0.39 is 0 Å². The van der Waals surface area contributed by atoms with Crippen molar-refractivity contribution in [3.8, 4) is 11.1 Å². The second-order valence-corrected chi connectivity index (χ2v) is 4.71. The highest BCUT2D eigenvalue weighted by Gasteiger charge is 2.09. The average Bonchev–Trinajstić information content (AvgIpc) is 2.30. The highest BCUT2D eigenvalue weighted by molar-refractivity contribution is 5.67. The molecule has 2 aromatic rings. The van der Waals surface area contributed by atoms with Crippen LogP contribution in [0.4, 0.5) is 4.39 Å². The molecule has 0 saturated carbocycles. The summed E-state index contributed by atoms with van der Waals surface area (Å²) in [5.41, 5.74) is 4.27. The average molecular weight is 228 g/mol. The quantitative estimate of drug-likeness (QED) is 0.684. The largest absolute Gasteiger partial charge is 0.207 e. The van der Waals surface area contributed by atoms with E-state index in [2.05, 4.69) is 19.1 Å². The van der Waals surface area contributed by atoms with Crippen molar-refractivity contribution >= 4 is 0 Å². The Morgan fingerprint density at radius 2 is 1.71 bits per heavy atom. The van der Waals surface area contributed by atoms with Crippen LogP contribution >= 0.6 is 0 Å². The first-order valence-electron chi connectivity index (χ1n) is 5.95. The van der Waals surface area contributed by atoms with Crippen molar-refractivity contribution < 1.29 is 4.39 Å². The fourth-order valence-electron chi connectivity index (χ4n) is 2.05. The molecule has 0 aliphatic carbocycles. The molecule has 0 fully saturated rings. The van der Waals surface area contributed by atoms with Gasteiger partial charge in [0, 0.05) is 0 Å². The Morgan fingerprint density at radius 3 is 2.35 bits per heavy atom. The summed E-state index contributed by atoms with van der Waals surface area (Å²) >= 11 is 0. The molecule has 0 saturated heterocycles. The van der Waals surface area contributed by atoms with E-state index in [1.54, 1.807) is 6.07 Å². The minimum absolute atomic E-state index is 0.114. The lowest BCUT2D eigenvalue weighted by atomic mass is 9.95. The molecule has 0 bridgehead atoms. The fourth-order valence-corrected chi connectivity index (χ4v) is 2.05. The normalized spacial score (nSPS) is 10.9. The van der Waals surface area contributed by atoms with Crippen molar-refractivity contribution in [2.24, 2.45) is 0 Å². The topological polar surface area (TPSA) is 0 Å². The van der Waals surface area contributed by atoms with Crippen molar-refractivity contribution in [1.29, 1.82) is 0 Å². The molecule has 0 heterocycles. The van der Waals surface area contributed by atoms with Gasteiger partial charge in [-0.3, -0.25) is 0 Å². The highest BCUT2D eigenvalue weighted by atomic mass is 19.1. The van der Waals surface area contributed by atoms with Gasteiger partial charge in [-0.05, 0) is 47.2 Å². The Balaban J connectivity index is 2.54. The van der Waals surface area contributed by atoms with E-state index in [4.69, 9.17) is 0 Å². The van der Waals surface area contributed by atoms with E-state index in [9.17, 15) is 4.39 Å². The summed E-state index contributed by atoms with van der Waals surface area (Å²) in [6.45, 7) is 6.10. The SMILES string of the molecule is Cc1ccccc1-c1ccc(F)c(C(C)C)c1. The zero-order valence-electron chi connectivity index (χ0n) is 10.5. The predicted octanol–water partition coefficient (Wildman–Crippen LogP) is 4.92. The minimum atomic E-state index is -0.114. The van der Waals surface area contributed by atoms with E-state index in [0.29, 0.717) is 0 Å². The third kappa shape index (κ3) is 2.38. The minimum Gasteiger partial charge on any atom is -0.207 e. The maximum Gasteiger partial charge on any atom is 0.126 e. The van der Waals surface area contributed by atoms with E-state index in [0.717, 1.165) is 11.1 Å². The maximum atomic E-state index is 13.6. The van der Waals surface area contributed by atoms with Crippen molar-refractivity contribution in [3.05, 3.63) is 59.4 Å². The summed E-state index contributed by atoms with van der Waals surface area (Å²) in [6.07, 6.45) is 0. The van der Waals surface area contributed by atoms with E-state index in [1.807, 2.05) is 38.1 Å². The van der Waals surface area contributed by atoms with Gasteiger partial charge in [0.15, 0.2) is 0 Å². The molecular formula is C16H17F. The number of benzene rings is 2. The van der Waals surface area contributed by atoms with Gasteiger partial charge in [0.25, 0.3) is 0 Å². The molecule has 0 amide bonds. The first-order valence-corrected chi connectivity index (χ1v) is 5.95. The van der Waals surface area contributed by atoms with Crippen LogP contribution in [0, 0.1) is 12.7 Å².